The third-order valence-corrected chi connectivity index (χ3v) is 9.78. The normalized spacial score (nSPS) is 29.5. The molecule has 2 aliphatic carbocycles. The van der Waals surface area contributed by atoms with Crippen LogP contribution in [0, 0.1) is 11.8 Å². The first-order valence-corrected chi connectivity index (χ1v) is 17.2. The van der Waals surface area contributed by atoms with Crippen molar-refractivity contribution in [2.45, 2.75) is 192 Å². The van der Waals surface area contributed by atoms with Gasteiger partial charge in [0, 0.05) is 13.2 Å². The highest BCUT2D eigenvalue weighted by atomic mass is 16.5. The van der Waals surface area contributed by atoms with Crippen molar-refractivity contribution >= 4 is 0 Å². The van der Waals surface area contributed by atoms with Crippen molar-refractivity contribution in [3.63, 3.8) is 0 Å². The molecule has 2 saturated carbocycles. The molecule has 2 unspecified atom stereocenters. The van der Waals surface area contributed by atoms with Gasteiger partial charge in [-0.1, -0.05) is 128 Å². The van der Waals surface area contributed by atoms with Gasteiger partial charge in [-0.3, -0.25) is 0 Å². The van der Waals surface area contributed by atoms with E-state index < -0.39 is 0 Å². The lowest BCUT2D eigenvalue weighted by Crippen LogP contribution is -2.24. The summed E-state index contributed by atoms with van der Waals surface area (Å²) in [6.07, 6.45) is 41.0. The zero-order chi connectivity index (χ0) is 24.9. The third-order valence-electron chi connectivity index (χ3n) is 9.78. The predicted octanol–water partition coefficient (Wildman–Crippen LogP) is 10.1. The lowest BCUT2D eigenvalue weighted by molar-refractivity contribution is -0.000133. The predicted molar refractivity (Wildman–Crippen MR) is 159 cm³/mol. The Morgan fingerprint density at radius 2 is 0.514 bits per heavy atom. The summed E-state index contributed by atoms with van der Waals surface area (Å²) in [6, 6.07) is 0. The van der Waals surface area contributed by atoms with Crippen LogP contribution < -0.4 is 0 Å². The van der Waals surface area contributed by atoms with Crippen LogP contribution in [-0.2, 0) is 9.47 Å². The second-order valence-electron chi connectivity index (χ2n) is 12.8. The van der Waals surface area contributed by atoms with Crippen molar-refractivity contribution in [3.05, 3.63) is 0 Å². The summed E-state index contributed by atoms with van der Waals surface area (Å²) in [7, 11) is 0. The van der Waals surface area contributed by atoms with Gasteiger partial charge in [0.2, 0.25) is 0 Å². The molecular weight excluding hydrogens is 456 g/mol. The molecule has 0 bridgehead atoms. The van der Waals surface area contributed by atoms with Gasteiger partial charge in [-0.15, -0.1) is 0 Å². The molecule has 0 amide bonds. The fourth-order valence-electron chi connectivity index (χ4n) is 7.41. The molecule has 4 rings (SSSR count). The number of hydrogen-bond donors (Lipinski definition) is 0. The molecule has 4 fully saturated rings. The number of hydrogen-bond acceptors (Lipinski definition) is 2. The quantitative estimate of drug-likeness (QED) is 0.362. The van der Waals surface area contributed by atoms with Crippen LogP contribution in [0.25, 0.3) is 0 Å². The summed E-state index contributed by atoms with van der Waals surface area (Å²) in [5.41, 5.74) is 0. The first-order valence-electron chi connectivity index (χ1n) is 17.2. The average molecular weight is 523 g/mol. The van der Waals surface area contributed by atoms with Crippen molar-refractivity contribution in [3.8, 4) is 0 Å². The Bertz CT molecular complexity index is 367. The second-order valence-corrected chi connectivity index (χ2v) is 12.8. The summed E-state index contributed by atoms with van der Waals surface area (Å²) in [5, 5.41) is 0. The molecule has 2 heterocycles. The molecule has 0 radical (unpaired) electrons. The Labute approximate surface area is 231 Å². The van der Waals surface area contributed by atoms with E-state index in [9.17, 15) is 0 Å². The highest BCUT2D eigenvalue weighted by Gasteiger charge is 2.23. The first kappa shape index (κ1) is 33.1. The maximum Gasteiger partial charge on any atom is 0.0603 e. The van der Waals surface area contributed by atoms with Crippen molar-refractivity contribution in [2.75, 3.05) is 13.2 Å². The third kappa shape index (κ3) is 15.3. The van der Waals surface area contributed by atoms with Crippen LogP contribution in [0.2, 0.25) is 0 Å². The van der Waals surface area contributed by atoms with Crippen molar-refractivity contribution < 1.29 is 14.9 Å². The van der Waals surface area contributed by atoms with Crippen LogP contribution in [0.1, 0.15) is 180 Å². The van der Waals surface area contributed by atoms with E-state index in [1.807, 2.05) is 0 Å². The molecule has 3 heteroatoms. The van der Waals surface area contributed by atoms with Gasteiger partial charge in [0.15, 0.2) is 0 Å². The van der Waals surface area contributed by atoms with Crippen molar-refractivity contribution in [1.82, 2.24) is 0 Å². The fraction of sp³-hybridized carbons (Fsp3) is 1.00. The summed E-state index contributed by atoms with van der Waals surface area (Å²) >= 11 is 0. The molecule has 2 N–H and O–H groups in total. The summed E-state index contributed by atoms with van der Waals surface area (Å²) in [5.74, 6) is 1.75. The fourth-order valence-corrected chi connectivity index (χ4v) is 7.41. The van der Waals surface area contributed by atoms with E-state index in [4.69, 9.17) is 9.47 Å². The summed E-state index contributed by atoms with van der Waals surface area (Å²) in [4.78, 5) is 0. The lowest BCUT2D eigenvalue weighted by atomic mass is 9.88. The lowest BCUT2D eigenvalue weighted by Gasteiger charge is -2.27. The molecule has 2 atom stereocenters. The van der Waals surface area contributed by atoms with Gasteiger partial charge in [0.05, 0.1) is 12.2 Å². The zero-order valence-corrected chi connectivity index (χ0v) is 24.8. The number of ether oxygens (including phenoxy) is 2. The van der Waals surface area contributed by atoms with Gasteiger partial charge in [0.25, 0.3) is 0 Å². The minimum atomic E-state index is 0. The van der Waals surface area contributed by atoms with Crippen molar-refractivity contribution in [2.24, 2.45) is 11.8 Å². The maximum absolute atomic E-state index is 6.24. The number of rotatable bonds is 2. The Morgan fingerprint density at radius 1 is 0.270 bits per heavy atom. The topological polar surface area (TPSA) is 50.0 Å². The van der Waals surface area contributed by atoms with Crippen LogP contribution >= 0.6 is 0 Å². The van der Waals surface area contributed by atoms with Crippen LogP contribution in [0.4, 0.5) is 0 Å². The van der Waals surface area contributed by atoms with Gasteiger partial charge in [-0.25, -0.2) is 0 Å². The van der Waals surface area contributed by atoms with Crippen LogP contribution in [0.5, 0.6) is 0 Å². The standard InChI is InChI=1S/2C17H32O.H2O/c2*1-2-5-9-13-16(12-8-4-1)17-14-10-6-3-7-11-15-18-17;/h2*16-17H,1-15H2;1H2. The second kappa shape index (κ2) is 22.7. The van der Waals surface area contributed by atoms with Gasteiger partial charge < -0.3 is 14.9 Å². The van der Waals surface area contributed by atoms with E-state index in [2.05, 4.69) is 0 Å². The van der Waals surface area contributed by atoms with E-state index in [-0.39, 0.29) is 5.48 Å². The Kier molecular flexibility index (Phi) is 20.3. The average Bonchev–Trinajstić information content (AvgIpc) is 3.26. The molecule has 37 heavy (non-hydrogen) atoms. The molecule has 0 spiro atoms. The van der Waals surface area contributed by atoms with Gasteiger partial charge >= 0.3 is 0 Å². The maximum atomic E-state index is 6.24. The van der Waals surface area contributed by atoms with Crippen LogP contribution in [-0.4, -0.2) is 30.9 Å². The Morgan fingerprint density at radius 3 is 0.838 bits per heavy atom. The smallest absolute Gasteiger partial charge is 0.0603 e. The van der Waals surface area contributed by atoms with Gasteiger partial charge in [-0.05, 0) is 63.2 Å². The molecule has 220 valence electrons. The minimum Gasteiger partial charge on any atom is -0.412 e. The molecule has 4 aliphatic rings. The van der Waals surface area contributed by atoms with Crippen LogP contribution in [0.3, 0.4) is 0 Å². The molecular formula is C34H66O3. The molecule has 0 aromatic heterocycles. The van der Waals surface area contributed by atoms with E-state index in [1.165, 1.54) is 180 Å². The van der Waals surface area contributed by atoms with Crippen LogP contribution in [0.15, 0.2) is 0 Å². The molecule has 2 saturated heterocycles. The van der Waals surface area contributed by atoms with Gasteiger partial charge in [0.1, 0.15) is 0 Å². The Balaban J connectivity index is 0.000000253. The van der Waals surface area contributed by atoms with E-state index >= 15 is 0 Å². The summed E-state index contributed by atoms with van der Waals surface area (Å²) in [6.45, 7) is 2.06. The van der Waals surface area contributed by atoms with E-state index in [0.29, 0.717) is 12.2 Å². The highest BCUT2D eigenvalue weighted by molar-refractivity contribution is 4.75. The minimum absolute atomic E-state index is 0. The molecule has 0 aromatic rings. The largest absolute Gasteiger partial charge is 0.412 e. The zero-order valence-electron chi connectivity index (χ0n) is 24.8. The van der Waals surface area contributed by atoms with Crippen molar-refractivity contribution in [1.29, 1.82) is 0 Å². The van der Waals surface area contributed by atoms with E-state index in [0.717, 1.165) is 25.0 Å². The first-order chi connectivity index (χ1) is 17.9. The Hall–Kier alpha value is -0.120. The summed E-state index contributed by atoms with van der Waals surface area (Å²) < 4.78 is 12.5. The molecule has 0 aromatic carbocycles. The molecule has 2 aliphatic heterocycles. The highest BCUT2D eigenvalue weighted by Crippen LogP contribution is 2.31. The molecule has 3 nitrogen and oxygen atoms in total. The van der Waals surface area contributed by atoms with E-state index in [1.54, 1.807) is 0 Å². The van der Waals surface area contributed by atoms with Gasteiger partial charge in [-0.2, -0.15) is 0 Å². The monoisotopic (exact) mass is 523 g/mol. The SMILES string of the molecule is C1CCCCC(C2CCCCCCCO2)CCC1.C1CCCCC(C2CCCCCCCO2)CCC1.O.